The predicted molar refractivity (Wildman–Crippen MR) is 72.3 cm³/mol. The van der Waals surface area contributed by atoms with Gasteiger partial charge in [0.25, 0.3) is 5.91 Å². The molecule has 0 unspecified atom stereocenters. The molecule has 0 saturated heterocycles. The van der Waals surface area contributed by atoms with Gasteiger partial charge in [-0.15, -0.1) is 0 Å². The van der Waals surface area contributed by atoms with Crippen molar-refractivity contribution in [3.05, 3.63) is 35.4 Å². The van der Waals surface area contributed by atoms with Crippen LogP contribution in [-0.2, 0) is 16.1 Å². The van der Waals surface area contributed by atoms with Crippen LogP contribution in [-0.4, -0.2) is 35.7 Å². The lowest BCUT2D eigenvalue weighted by Crippen LogP contribution is -2.42. The number of hydrogen-bond acceptors (Lipinski definition) is 5. The molecular formula is C14H16N2O5. The molecule has 3 N–H and O–H groups in total. The Morgan fingerprint density at radius 3 is 2.43 bits per heavy atom. The highest BCUT2D eigenvalue weighted by molar-refractivity contribution is 5.97. The zero-order valence-electron chi connectivity index (χ0n) is 11.3. The molecule has 0 heterocycles. The fourth-order valence-corrected chi connectivity index (χ4v) is 1.57. The Morgan fingerprint density at radius 1 is 1.19 bits per heavy atom. The van der Waals surface area contributed by atoms with Crippen molar-refractivity contribution in [1.82, 2.24) is 10.6 Å². The van der Waals surface area contributed by atoms with Gasteiger partial charge in [-0.1, -0.05) is 12.1 Å². The molecule has 0 aromatic heterocycles. The lowest BCUT2D eigenvalue weighted by molar-refractivity contribution is -0.123. The maximum absolute atomic E-state index is 11.7. The first-order valence-corrected chi connectivity index (χ1v) is 6.56. The monoisotopic (exact) mass is 292 g/mol. The smallest absolute Gasteiger partial charge is 0.338 e. The summed E-state index contributed by atoms with van der Waals surface area (Å²) < 4.78 is 4.79. The quantitative estimate of drug-likeness (QED) is 0.678. The number of esters is 1. The molecule has 3 amide bonds. The molecule has 112 valence electrons. The Kier molecular flexibility index (Phi) is 4.89. The minimum absolute atomic E-state index is 0.117. The fourth-order valence-electron chi connectivity index (χ4n) is 1.57. The summed E-state index contributed by atoms with van der Waals surface area (Å²) in [4.78, 5) is 34.3. The van der Waals surface area contributed by atoms with Gasteiger partial charge >= 0.3 is 12.0 Å². The lowest BCUT2D eigenvalue weighted by atomic mass is 10.1. The van der Waals surface area contributed by atoms with Crippen molar-refractivity contribution >= 4 is 17.9 Å². The van der Waals surface area contributed by atoms with Crippen LogP contribution >= 0.6 is 0 Å². The third-order valence-electron chi connectivity index (χ3n) is 2.87. The number of amides is 3. The number of aliphatic hydroxyl groups excluding tert-OH is 1. The molecule has 0 bridgehead atoms. The number of imide groups is 1. The highest BCUT2D eigenvalue weighted by atomic mass is 16.5. The summed E-state index contributed by atoms with van der Waals surface area (Å²) in [6.45, 7) is -0.646. The largest absolute Gasteiger partial charge is 0.452 e. The Hall–Kier alpha value is -2.41. The van der Waals surface area contributed by atoms with E-state index in [1.165, 1.54) is 12.1 Å². The standard InChI is InChI=1S/C14H16N2O5/c17-7-9-1-3-10(4-2-9)13(19)21-8-12(18)16-14(20)15-11-5-6-11/h1-4,11,17H,5-8H2,(H2,15,16,18,20). The number of carbonyl (C=O) groups is 3. The van der Waals surface area contributed by atoms with Crippen LogP contribution in [0.3, 0.4) is 0 Å². The van der Waals surface area contributed by atoms with Crippen LogP contribution in [0.5, 0.6) is 0 Å². The average molecular weight is 292 g/mol. The molecule has 21 heavy (non-hydrogen) atoms. The second-order valence-electron chi connectivity index (χ2n) is 4.73. The molecule has 1 aromatic carbocycles. The minimum Gasteiger partial charge on any atom is -0.452 e. The summed E-state index contributed by atoms with van der Waals surface area (Å²) in [7, 11) is 0. The van der Waals surface area contributed by atoms with E-state index in [0.717, 1.165) is 12.8 Å². The van der Waals surface area contributed by atoms with E-state index in [4.69, 9.17) is 9.84 Å². The van der Waals surface area contributed by atoms with Crippen molar-refractivity contribution in [2.75, 3.05) is 6.61 Å². The molecule has 1 saturated carbocycles. The Balaban J connectivity index is 1.74. The molecule has 1 fully saturated rings. The number of carbonyl (C=O) groups excluding carboxylic acids is 3. The third kappa shape index (κ3) is 4.88. The molecule has 7 heteroatoms. The summed E-state index contributed by atoms with van der Waals surface area (Å²) in [5.74, 6) is -1.36. The normalized spacial score (nSPS) is 13.4. The fraction of sp³-hybridized carbons (Fsp3) is 0.357. The van der Waals surface area contributed by atoms with Crippen LogP contribution in [0, 0.1) is 0 Å². The van der Waals surface area contributed by atoms with E-state index in [-0.39, 0.29) is 18.2 Å². The Bertz CT molecular complexity index is 537. The summed E-state index contributed by atoms with van der Waals surface area (Å²) in [5.41, 5.74) is 0.934. The topological polar surface area (TPSA) is 105 Å². The van der Waals surface area contributed by atoms with Gasteiger partial charge in [0.15, 0.2) is 6.61 Å². The summed E-state index contributed by atoms with van der Waals surface area (Å²) in [6, 6.07) is 5.72. The van der Waals surface area contributed by atoms with E-state index in [1.807, 2.05) is 0 Å². The maximum atomic E-state index is 11.7. The van der Waals surface area contributed by atoms with Crippen molar-refractivity contribution in [3.8, 4) is 0 Å². The van der Waals surface area contributed by atoms with E-state index >= 15 is 0 Å². The van der Waals surface area contributed by atoms with Gasteiger partial charge in [-0.25, -0.2) is 9.59 Å². The first-order valence-electron chi connectivity index (χ1n) is 6.56. The van der Waals surface area contributed by atoms with E-state index in [1.54, 1.807) is 12.1 Å². The molecule has 0 radical (unpaired) electrons. The van der Waals surface area contributed by atoms with Crippen LogP contribution < -0.4 is 10.6 Å². The third-order valence-corrected chi connectivity index (χ3v) is 2.87. The molecule has 1 aromatic rings. The van der Waals surface area contributed by atoms with Gasteiger partial charge in [0.2, 0.25) is 0 Å². The SMILES string of the molecule is O=C(COC(=O)c1ccc(CO)cc1)NC(=O)NC1CC1. The van der Waals surface area contributed by atoms with Gasteiger partial charge in [-0.05, 0) is 30.5 Å². The zero-order valence-corrected chi connectivity index (χ0v) is 11.3. The second kappa shape index (κ2) is 6.85. The van der Waals surface area contributed by atoms with Crippen LogP contribution in [0.2, 0.25) is 0 Å². The molecule has 7 nitrogen and oxygen atoms in total. The van der Waals surface area contributed by atoms with E-state index in [0.29, 0.717) is 5.56 Å². The molecule has 2 rings (SSSR count). The van der Waals surface area contributed by atoms with Gasteiger partial charge in [-0.3, -0.25) is 10.1 Å². The van der Waals surface area contributed by atoms with E-state index in [2.05, 4.69) is 10.6 Å². The summed E-state index contributed by atoms with van der Waals surface area (Å²) in [5, 5.41) is 13.5. The van der Waals surface area contributed by atoms with E-state index in [9.17, 15) is 14.4 Å². The number of urea groups is 1. The van der Waals surface area contributed by atoms with Gasteiger partial charge < -0.3 is 15.2 Å². The van der Waals surface area contributed by atoms with Crippen LogP contribution in [0.15, 0.2) is 24.3 Å². The Labute approximate surface area is 121 Å². The van der Waals surface area contributed by atoms with Crippen LogP contribution in [0.1, 0.15) is 28.8 Å². The van der Waals surface area contributed by atoms with Crippen molar-refractivity contribution in [2.45, 2.75) is 25.5 Å². The van der Waals surface area contributed by atoms with Crippen molar-refractivity contribution < 1.29 is 24.2 Å². The highest BCUT2D eigenvalue weighted by Crippen LogP contribution is 2.18. The van der Waals surface area contributed by atoms with Gasteiger partial charge in [0.1, 0.15) is 0 Å². The number of rotatable bonds is 5. The summed E-state index contributed by atoms with van der Waals surface area (Å²) >= 11 is 0. The van der Waals surface area contributed by atoms with Crippen LogP contribution in [0.25, 0.3) is 0 Å². The maximum Gasteiger partial charge on any atom is 0.338 e. The first-order chi connectivity index (χ1) is 10.1. The van der Waals surface area contributed by atoms with Crippen molar-refractivity contribution in [3.63, 3.8) is 0 Å². The molecular weight excluding hydrogens is 276 g/mol. The van der Waals surface area contributed by atoms with Gasteiger partial charge in [0, 0.05) is 6.04 Å². The highest BCUT2D eigenvalue weighted by Gasteiger charge is 2.24. The summed E-state index contributed by atoms with van der Waals surface area (Å²) in [6.07, 6.45) is 1.83. The van der Waals surface area contributed by atoms with Crippen LogP contribution in [0.4, 0.5) is 4.79 Å². The zero-order chi connectivity index (χ0) is 15.2. The number of hydrogen-bond donors (Lipinski definition) is 3. The van der Waals surface area contributed by atoms with Crippen molar-refractivity contribution in [1.29, 1.82) is 0 Å². The second-order valence-corrected chi connectivity index (χ2v) is 4.73. The number of nitrogens with one attached hydrogen (secondary N) is 2. The molecule has 0 atom stereocenters. The molecule has 1 aliphatic rings. The van der Waals surface area contributed by atoms with E-state index < -0.39 is 24.5 Å². The lowest BCUT2D eigenvalue weighted by Gasteiger charge is -2.07. The number of benzene rings is 1. The molecule has 0 spiro atoms. The van der Waals surface area contributed by atoms with Gasteiger partial charge in [-0.2, -0.15) is 0 Å². The molecule has 1 aliphatic carbocycles. The van der Waals surface area contributed by atoms with Gasteiger partial charge in [0.05, 0.1) is 12.2 Å². The minimum atomic E-state index is -0.687. The predicted octanol–water partition coefficient (Wildman–Crippen LogP) is 0.324. The van der Waals surface area contributed by atoms with Crippen molar-refractivity contribution in [2.24, 2.45) is 0 Å². The average Bonchev–Trinajstić information content (AvgIpc) is 3.28. The molecule has 0 aliphatic heterocycles. The number of ether oxygens (including phenoxy) is 1. The number of aliphatic hydroxyl groups is 1. The Morgan fingerprint density at radius 2 is 1.86 bits per heavy atom. The first kappa shape index (κ1) is 15.0.